The highest BCUT2D eigenvalue weighted by Crippen LogP contribution is 2.02. The van der Waals surface area contributed by atoms with E-state index in [9.17, 15) is 9.00 Å². The minimum absolute atomic E-state index is 0.106. The zero-order valence-corrected chi connectivity index (χ0v) is 9.04. The molecule has 0 saturated heterocycles. The summed E-state index contributed by atoms with van der Waals surface area (Å²) in [6.07, 6.45) is 1.62. The Hall–Kier alpha value is -1.21. The van der Waals surface area contributed by atoms with Crippen molar-refractivity contribution in [3.8, 4) is 0 Å². The Balaban J connectivity index is 2.31. The van der Waals surface area contributed by atoms with Gasteiger partial charge in [0.1, 0.15) is 0 Å². The van der Waals surface area contributed by atoms with Crippen molar-refractivity contribution in [2.45, 2.75) is 6.54 Å². The average molecular weight is 232 g/mol. The molecule has 2 N–H and O–H groups in total. The minimum Gasteiger partial charge on any atom is -0.476 e. The van der Waals surface area contributed by atoms with Gasteiger partial charge in [-0.1, -0.05) is 5.16 Å². The number of aromatic nitrogens is 1. The first kappa shape index (κ1) is 11.9. The van der Waals surface area contributed by atoms with Crippen LogP contribution >= 0.6 is 0 Å². The summed E-state index contributed by atoms with van der Waals surface area (Å²) in [6, 6.07) is 1.36. The standard InChI is InChI=1S/C8H12N2O4S/c1-15(13)3-2-9-5-6-4-7(8(11)12)10-14-6/h4,9H,2-3,5H2,1H3,(H,11,12). The van der Waals surface area contributed by atoms with Gasteiger partial charge >= 0.3 is 5.97 Å². The van der Waals surface area contributed by atoms with Gasteiger partial charge in [0.15, 0.2) is 11.5 Å². The Morgan fingerprint density at radius 1 is 1.73 bits per heavy atom. The highest BCUT2D eigenvalue weighted by molar-refractivity contribution is 7.84. The van der Waals surface area contributed by atoms with Crippen molar-refractivity contribution in [1.29, 1.82) is 0 Å². The van der Waals surface area contributed by atoms with Crippen LogP contribution in [0.2, 0.25) is 0 Å². The number of hydrogen-bond acceptors (Lipinski definition) is 5. The Kier molecular flexibility index (Phi) is 4.44. The molecule has 1 rings (SSSR count). The molecule has 1 heterocycles. The zero-order valence-electron chi connectivity index (χ0n) is 8.23. The lowest BCUT2D eigenvalue weighted by Gasteiger charge is -1.98. The molecule has 0 saturated carbocycles. The monoisotopic (exact) mass is 232 g/mol. The quantitative estimate of drug-likeness (QED) is 0.662. The molecule has 0 radical (unpaired) electrons. The lowest BCUT2D eigenvalue weighted by atomic mass is 10.3. The molecular formula is C8H12N2O4S. The van der Waals surface area contributed by atoms with Gasteiger partial charge in [-0.3, -0.25) is 4.21 Å². The van der Waals surface area contributed by atoms with E-state index >= 15 is 0 Å². The predicted octanol–water partition coefficient (Wildman–Crippen LogP) is -0.159. The largest absolute Gasteiger partial charge is 0.476 e. The molecule has 7 heteroatoms. The van der Waals surface area contributed by atoms with Gasteiger partial charge in [-0.25, -0.2) is 4.79 Å². The van der Waals surface area contributed by atoms with Crippen LogP contribution in [0.25, 0.3) is 0 Å². The predicted molar refractivity (Wildman–Crippen MR) is 54.1 cm³/mol. The summed E-state index contributed by atoms with van der Waals surface area (Å²) >= 11 is 0. The van der Waals surface area contributed by atoms with E-state index in [4.69, 9.17) is 9.63 Å². The molecule has 1 aromatic heterocycles. The van der Waals surface area contributed by atoms with E-state index in [-0.39, 0.29) is 5.69 Å². The van der Waals surface area contributed by atoms with E-state index in [0.29, 0.717) is 24.6 Å². The van der Waals surface area contributed by atoms with Crippen LogP contribution in [0, 0.1) is 0 Å². The summed E-state index contributed by atoms with van der Waals surface area (Å²) in [5, 5.41) is 14.9. The van der Waals surface area contributed by atoms with Crippen molar-refractivity contribution in [3.63, 3.8) is 0 Å². The summed E-state index contributed by atoms with van der Waals surface area (Å²) in [6.45, 7) is 0.976. The molecule has 1 atom stereocenters. The highest BCUT2D eigenvalue weighted by Gasteiger charge is 2.09. The van der Waals surface area contributed by atoms with Crippen LogP contribution in [-0.2, 0) is 17.3 Å². The van der Waals surface area contributed by atoms with Gasteiger partial charge in [-0.2, -0.15) is 0 Å². The molecule has 0 aliphatic heterocycles. The number of aromatic carboxylic acids is 1. The summed E-state index contributed by atoms with van der Waals surface area (Å²) in [5.41, 5.74) is -0.106. The molecule has 6 nitrogen and oxygen atoms in total. The SMILES string of the molecule is CS(=O)CCNCc1cc(C(=O)O)no1. The fourth-order valence-corrected chi connectivity index (χ4v) is 1.36. The van der Waals surface area contributed by atoms with Gasteiger partial charge in [0.2, 0.25) is 0 Å². The van der Waals surface area contributed by atoms with Gasteiger partial charge < -0.3 is 14.9 Å². The number of nitrogens with zero attached hydrogens (tertiary/aromatic N) is 1. The molecule has 0 aromatic carbocycles. The van der Waals surface area contributed by atoms with Crippen molar-refractivity contribution >= 4 is 16.8 Å². The topological polar surface area (TPSA) is 92.4 Å². The number of carboxylic acid groups (broad SMARTS) is 1. The molecule has 1 unspecified atom stereocenters. The molecule has 0 spiro atoms. The number of rotatable bonds is 6. The lowest BCUT2D eigenvalue weighted by Crippen LogP contribution is -2.19. The highest BCUT2D eigenvalue weighted by atomic mass is 32.2. The van der Waals surface area contributed by atoms with Crippen LogP contribution in [-0.4, -0.2) is 39.0 Å². The van der Waals surface area contributed by atoms with Crippen LogP contribution in [0.15, 0.2) is 10.6 Å². The zero-order chi connectivity index (χ0) is 11.3. The normalized spacial score (nSPS) is 12.6. The lowest BCUT2D eigenvalue weighted by molar-refractivity contribution is 0.0685. The van der Waals surface area contributed by atoms with Crippen molar-refractivity contribution in [3.05, 3.63) is 17.5 Å². The summed E-state index contributed by atoms with van der Waals surface area (Å²) < 4.78 is 15.5. The number of carbonyl (C=O) groups is 1. The average Bonchev–Trinajstić information content (AvgIpc) is 2.60. The second-order valence-electron chi connectivity index (χ2n) is 2.94. The maximum Gasteiger partial charge on any atom is 0.358 e. The number of nitrogens with one attached hydrogen (secondary N) is 1. The first-order valence-electron chi connectivity index (χ1n) is 4.29. The first-order chi connectivity index (χ1) is 7.09. The van der Waals surface area contributed by atoms with Crippen molar-refractivity contribution in [1.82, 2.24) is 10.5 Å². The van der Waals surface area contributed by atoms with E-state index in [2.05, 4.69) is 10.5 Å². The fraction of sp³-hybridized carbons (Fsp3) is 0.500. The Bertz CT molecular complexity index is 363. The smallest absolute Gasteiger partial charge is 0.358 e. The maximum atomic E-state index is 10.7. The van der Waals surface area contributed by atoms with Crippen molar-refractivity contribution in [2.24, 2.45) is 0 Å². The minimum atomic E-state index is -1.11. The molecule has 0 amide bonds. The van der Waals surface area contributed by atoms with Crippen LogP contribution in [0.1, 0.15) is 16.2 Å². The van der Waals surface area contributed by atoms with Gasteiger partial charge in [-0.15, -0.1) is 0 Å². The molecule has 15 heavy (non-hydrogen) atoms. The second-order valence-corrected chi connectivity index (χ2v) is 4.49. The van der Waals surface area contributed by atoms with Crippen LogP contribution < -0.4 is 5.32 Å². The molecule has 0 aliphatic carbocycles. The van der Waals surface area contributed by atoms with Crippen LogP contribution in [0.4, 0.5) is 0 Å². The Labute approximate surface area is 89.1 Å². The molecule has 0 aliphatic rings. The Morgan fingerprint density at radius 3 is 3.00 bits per heavy atom. The van der Waals surface area contributed by atoms with Gasteiger partial charge in [0, 0.05) is 35.4 Å². The Morgan fingerprint density at radius 2 is 2.47 bits per heavy atom. The fourth-order valence-electron chi connectivity index (χ4n) is 0.925. The van der Waals surface area contributed by atoms with E-state index in [0.717, 1.165) is 0 Å². The third kappa shape index (κ3) is 4.22. The molecule has 84 valence electrons. The van der Waals surface area contributed by atoms with E-state index in [1.54, 1.807) is 6.26 Å². The summed E-state index contributed by atoms with van der Waals surface area (Å²) in [5.74, 6) is -0.103. The third-order valence-electron chi connectivity index (χ3n) is 1.64. The molecular weight excluding hydrogens is 220 g/mol. The van der Waals surface area contributed by atoms with Crippen molar-refractivity contribution in [2.75, 3.05) is 18.6 Å². The maximum absolute atomic E-state index is 10.7. The molecule has 0 bridgehead atoms. The van der Waals surface area contributed by atoms with E-state index in [1.807, 2.05) is 0 Å². The summed E-state index contributed by atoms with van der Waals surface area (Å²) in [7, 11) is -0.828. The number of carboxylic acids is 1. The van der Waals surface area contributed by atoms with Gasteiger partial charge in [0.05, 0.1) is 6.54 Å². The van der Waals surface area contributed by atoms with E-state index in [1.165, 1.54) is 6.07 Å². The second kappa shape index (κ2) is 5.62. The molecule has 1 aromatic rings. The van der Waals surface area contributed by atoms with Gasteiger partial charge in [-0.05, 0) is 0 Å². The van der Waals surface area contributed by atoms with Crippen LogP contribution in [0.3, 0.4) is 0 Å². The molecule has 0 fully saturated rings. The first-order valence-corrected chi connectivity index (χ1v) is 6.02. The number of hydrogen-bond donors (Lipinski definition) is 2. The van der Waals surface area contributed by atoms with E-state index < -0.39 is 16.8 Å². The summed E-state index contributed by atoms with van der Waals surface area (Å²) in [4.78, 5) is 10.5. The third-order valence-corrected chi connectivity index (χ3v) is 2.42. The van der Waals surface area contributed by atoms with Crippen molar-refractivity contribution < 1.29 is 18.6 Å². The van der Waals surface area contributed by atoms with Crippen LogP contribution in [0.5, 0.6) is 0 Å². The van der Waals surface area contributed by atoms with Gasteiger partial charge in [0.25, 0.3) is 0 Å².